The van der Waals surface area contributed by atoms with Gasteiger partial charge in [-0.3, -0.25) is 24.2 Å². The minimum absolute atomic E-state index is 0.111. The van der Waals surface area contributed by atoms with Gasteiger partial charge in [0.15, 0.2) is 5.65 Å². The molecule has 3 aromatic rings. The van der Waals surface area contributed by atoms with E-state index in [0.29, 0.717) is 42.9 Å². The Morgan fingerprint density at radius 1 is 1.38 bits per heavy atom. The van der Waals surface area contributed by atoms with Crippen molar-refractivity contribution in [3.05, 3.63) is 52.5 Å². The summed E-state index contributed by atoms with van der Waals surface area (Å²) in [7, 11) is 1.73. The monoisotopic (exact) mass is 397 g/mol. The van der Waals surface area contributed by atoms with Crippen LogP contribution in [0.15, 0.2) is 35.5 Å². The summed E-state index contributed by atoms with van der Waals surface area (Å²) in [4.78, 5) is 37.8. The van der Waals surface area contributed by atoms with E-state index in [0.717, 1.165) is 5.56 Å². The van der Waals surface area contributed by atoms with Crippen molar-refractivity contribution < 1.29 is 9.90 Å². The van der Waals surface area contributed by atoms with Gasteiger partial charge in [-0.15, -0.1) is 0 Å². The molecule has 29 heavy (non-hydrogen) atoms. The summed E-state index contributed by atoms with van der Waals surface area (Å²) in [6, 6.07) is 3.46. The average molecular weight is 397 g/mol. The zero-order chi connectivity index (χ0) is 20.4. The zero-order valence-electron chi connectivity index (χ0n) is 16.1. The maximum Gasteiger partial charge on any atom is 0.262 e. The van der Waals surface area contributed by atoms with Gasteiger partial charge in [-0.25, -0.2) is 4.98 Å². The first-order valence-corrected chi connectivity index (χ1v) is 9.47. The molecule has 1 aliphatic heterocycles. The normalized spacial score (nSPS) is 20.1. The lowest BCUT2D eigenvalue weighted by Crippen LogP contribution is -2.52. The number of pyridine rings is 1. The lowest BCUT2D eigenvalue weighted by molar-refractivity contribution is -0.121. The topological polar surface area (TPSA) is 129 Å². The molecule has 0 saturated carbocycles. The van der Waals surface area contributed by atoms with Crippen molar-refractivity contribution in [3.63, 3.8) is 0 Å². The lowest BCUT2D eigenvalue weighted by atomic mass is 10.0. The summed E-state index contributed by atoms with van der Waals surface area (Å²) in [5, 5.41) is 17.7. The molecule has 0 spiro atoms. The molecular formula is C19H23N7O3. The molecule has 2 atom stereocenters. The Balaban J connectivity index is 1.42. The number of rotatable bonds is 5. The molecular weight excluding hydrogens is 374 g/mol. The third-order valence-electron chi connectivity index (χ3n) is 4.98. The molecule has 3 N–H and O–H groups in total. The standard InChI is InChI=1S/C19H23N7O3/c1-25-18-15(8-21-25)19(29)24-16(23-18)11-26-9-13(6-14(27)10-26)22-17(28)5-12-3-2-4-20-7-12/h2-4,7-8,13-14,27H,5-6,9-11H2,1H3,(H,22,28)(H,23,24,29)/t13-,14+/m0/s1. The van der Waals surface area contributed by atoms with Crippen LogP contribution in [0, 0.1) is 0 Å². The number of nitrogens with zero attached hydrogens (tertiary/aromatic N) is 5. The minimum atomic E-state index is -0.570. The molecule has 1 aliphatic rings. The summed E-state index contributed by atoms with van der Waals surface area (Å²) in [5.74, 6) is 0.389. The number of aliphatic hydroxyl groups is 1. The molecule has 0 aliphatic carbocycles. The molecule has 0 radical (unpaired) electrons. The van der Waals surface area contributed by atoms with Gasteiger partial charge in [0.05, 0.1) is 25.3 Å². The smallest absolute Gasteiger partial charge is 0.262 e. The number of carbonyl (C=O) groups is 1. The molecule has 152 valence electrons. The minimum Gasteiger partial charge on any atom is -0.392 e. The van der Waals surface area contributed by atoms with Gasteiger partial charge < -0.3 is 15.4 Å². The molecule has 10 nitrogen and oxygen atoms in total. The largest absolute Gasteiger partial charge is 0.392 e. The molecule has 10 heteroatoms. The van der Waals surface area contributed by atoms with Crippen LogP contribution in [0.2, 0.25) is 0 Å². The van der Waals surface area contributed by atoms with Crippen molar-refractivity contribution in [2.45, 2.75) is 31.5 Å². The number of carbonyl (C=O) groups excluding carboxylic acids is 1. The van der Waals surface area contributed by atoms with Crippen LogP contribution in [0.3, 0.4) is 0 Å². The Hall–Kier alpha value is -3.11. The zero-order valence-corrected chi connectivity index (χ0v) is 16.1. The van der Waals surface area contributed by atoms with E-state index in [9.17, 15) is 14.7 Å². The van der Waals surface area contributed by atoms with Crippen LogP contribution in [0.5, 0.6) is 0 Å². The third kappa shape index (κ3) is 4.49. The second-order valence-electron chi connectivity index (χ2n) is 7.40. The van der Waals surface area contributed by atoms with E-state index in [1.54, 1.807) is 30.2 Å². The summed E-state index contributed by atoms with van der Waals surface area (Å²) in [5.41, 5.74) is 1.11. The number of β-amino-alcohol motifs (C(OH)–C–C–N with tert-alkyl or cyclic N) is 1. The quantitative estimate of drug-likeness (QED) is 0.521. The highest BCUT2D eigenvalue weighted by atomic mass is 16.3. The fourth-order valence-corrected chi connectivity index (χ4v) is 3.73. The Labute approximate surface area is 166 Å². The number of fused-ring (bicyclic) bond motifs is 1. The summed E-state index contributed by atoms with van der Waals surface area (Å²) in [6.07, 6.45) is 4.98. The average Bonchev–Trinajstić information content (AvgIpc) is 3.03. The summed E-state index contributed by atoms with van der Waals surface area (Å²) < 4.78 is 1.56. The molecule has 3 aromatic heterocycles. The van der Waals surface area contributed by atoms with E-state index in [1.165, 1.54) is 6.20 Å². The fraction of sp³-hybridized carbons (Fsp3) is 0.421. The first kappa shape index (κ1) is 19.2. The highest BCUT2D eigenvalue weighted by Crippen LogP contribution is 2.14. The van der Waals surface area contributed by atoms with E-state index in [-0.39, 0.29) is 23.9 Å². The Morgan fingerprint density at radius 3 is 3.03 bits per heavy atom. The SMILES string of the molecule is Cn1ncc2c(=O)[nH]c(CN3C[C@H](O)C[C@H](NC(=O)Cc4cccnc4)C3)nc21. The number of aliphatic hydroxyl groups excluding tert-OH is 1. The maximum absolute atomic E-state index is 12.3. The Morgan fingerprint density at radius 2 is 2.24 bits per heavy atom. The number of aromatic nitrogens is 5. The van der Waals surface area contributed by atoms with E-state index in [4.69, 9.17) is 0 Å². The van der Waals surface area contributed by atoms with Crippen LogP contribution >= 0.6 is 0 Å². The van der Waals surface area contributed by atoms with Crippen molar-refractivity contribution in [2.24, 2.45) is 7.05 Å². The van der Waals surface area contributed by atoms with E-state index >= 15 is 0 Å². The molecule has 0 bridgehead atoms. The number of amides is 1. The predicted molar refractivity (Wildman–Crippen MR) is 105 cm³/mol. The first-order valence-electron chi connectivity index (χ1n) is 9.47. The second kappa shape index (κ2) is 8.10. The van der Waals surface area contributed by atoms with Gasteiger partial charge >= 0.3 is 0 Å². The van der Waals surface area contributed by atoms with Crippen molar-refractivity contribution >= 4 is 16.9 Å². The van der Waals surface area contributed by atoms with Crippen LogP contribution in [0.4, 0.5) is 0 Å². The van der Waals surface area contributed by atoms with Crippen molar-refractivity contribution in [1.82, 2.24) is 34.9 Å². The molecule has 4 heterocycles. The van der Waals surface area contributed by atoms with Crippen molar-refractivity contribution in [2.75, 3.05) is 13.1 Å². The van der Waals surface area contributed by atoms with Gasteiger partial charge in [0.25, 0.3) is 5.56 Å². The number of hydrogen-bond acceptors (Lipinski definition) is 7. The second-order valence-corrected chi connectivity index (χ2v) is 7.40. The van der Waals surface area contributed by atoms with E-state index in [2.05, 4.69) is 25.4 Å². The van der Waals surface area contributed by atoms with Crippen LogP contribution in [-0.4, -0.2) is 65.9 Å². The third-order valence-corrected chi connectivity index (χ3v) is 4.98. The van der Waals surface area contributed by atoms with Crippen molar-refractivity contribution in [3.8, 4) is 0 Å². The highest BCUT2D eigenvalue weighted by Gasteiger charge is 2.27. The van der Waals surface area contributed by atoms with Crippen LogP contribution in [-0.2, 0) is 24.8 Å². The molecule has 1 saturated heterocycles. The summed E-state index contributed by atoms with van der Waals surface area (Å²) >= 11 is 0. The molecule has 1 fully saturated rings. The molecule has 1 amide bonds. The number of aromatic amines is 1. The molecule has 4 rings (SSSR count). The number of likely N-dealkylation sites (tertiary alicyclic amines) is 1. The predicted octanol–water partition coefficient (Wildman–Crippen LogP) is -0.654. The van der Waals surface area contributed by atoms with Gasteiger partial charge in [-0.1, -0.05) is 6.07 Å². The number of nitrogens with one attached hydrogen (secondary N) is 2. The fourth-order valence-electron chi connectivity index (χ4n) is 3.73. The van der Waals surface area contributed by atoms with Gasteiger partial charge in [0.2, 0.25) is 5.91 Å². The number of hydrogen-bond donors (Lipinski definition) is 3. The lowest BCUT2D eigenvalue weighted by Gasteiger charge is -2.35. The number of aryl methyl sites for hydroxylation is 1. The van der Waals surface area contributed by atoms with Gasteiger partial charge in [-0.2, -0.15) is 5.10 Å². The van der Waals surface area contributed by atoms with Crippen molar-refractivity contribution in [1.29, 1.82) is 0 Å². The van der Waals surface area contributed by atoms with E-state index < -0.39 is 6.10 Å². The van der Waals surface area contributed by atoms with Gasteiger partial charge in [-0.05, 0) is 18.1 Å². The van der Waals surface area contributed by atoms with E-state index in [1.807, 2.05) is 11.0 Å². The number of piperidine rings is 1. The Kier molecular flexibility index (Phi) is 5.36. The maximum atomic E-state index is 12.3. The van der Waals surface area contributed by atoms with Gasteiger partial charge in [0.1, 0.15) is 11.2 Å². The van der Waals surface area contributed by atoms with Crippen LogP contribution < -0.4 is 10.9 Å². The van der Waals surface area contributed by atoms with Crippen LogP contribution in [0.1, 0.15) is 17.8 Å². The molecule has 0 unspecified atom stereocenters. The first-order chi connectivity index (χ1) is 14.0. The number of H-pyrrole nitrogens is 1. The highest BCUT2D eigenvalue weighted by molar-refractivity contribution is 5.78. The summed E-state index contributed by atoms with van der Waals surface area (Å²) in [6.45, 7) is 1.37. The Bertz CT molecular complexity index is 1060. The van der Waals surface area contributed by atoms with Gasteiger partial charge in [0, 0.05) is 38.6 Å². The van der Waals surface area contributed by atoms with Crippen LogP contribution in [0.25, 0.3) is 11.0 Å². The molecule has 0 aromatic carbocycles.